The molecule has 2 fully saturated rings. The summed E-state index contributed by atoms with van der Waals surface area (Å²) in [5.41, 5.74) is 1.24. The molecule has 4 heteroatoms. The predicted octanol–water partition coefficient (Wildman–Crippen LogP) is 4.41. The van der Waals surface area contributed by atoms with Crippen molar-refractivity contribution in [1.82, 2.24) is 0 Å². The van der Waals surface area contributed by atoms with Crippen LogP contribution in [0.2, 0.25) is 0 Å². The Kier molecular flexibility index (Phi) is 3.39. The van der Waals surface area contributed by atoms with Crippen LogP contribution in [-0.4, -0.2) is 15.5 Å². The summed E-state index contributed by atoms with van der Waals surface area (Å²) in [5, 5.41) is 0.145. The van der Waals surface area contributed by atoms with Crippen molar-refractivity contribution in [2.24, 2.45) is 4.36 Å². The molecule has 20 heavy (non-hydrogen) atoms. The number of hydrogen-bond donors (Lipinski definition) is 0. The second-order valence-electron chi connectivity index (χ2n) is 6.35. The second kappa shape index (κ2) is 4.83. The Hall–Kier alpha value is -0.900. The fourth-order valence-electron chi connectivity index (χ4n) is 2.56. The van der Waals surface area contributed by atoms with Gasteiger partial charge in [-0.1, -0.05) is 19.9 Å². The summed E-state index contributed by atoms with van der Waals surface area (Å²) in [6.45, 7) is 5.70. The first-order valence-electron chi connectivity index (χ1n) is 7.47. The molecule has 0 saturated heterocycles. The van der Waals surface area contributed by atoms with Crippen LogP contribution in [0.15, 0.2) is 21.4 Å². The highest BCUT2D eigenvalue weighted by Gasteiger charge is 2.38. The van der Waals surface area contributed by atoms with E-state index in [1.165, 1.54) is 0 Å². The summed E-state index contributed by atoms with van der Waals surface area (Å²) in [6.07, 6.45) is 3.99. The van der Waals surface area contributed by atoms with E-state index in [1.54, 1.807) is 13.0 Å². The van der Waals surface area contributed by atoms with E-state index in [0.29, 0.717) is 16.0 Å². The van der Waals surface area contributed by atoms with Crippen LogP contribution in [0.1, 0.15) is 56.6 Å². The summed E-state index contributed by atoms with van der Waals surface area (Å²) in [4.78, 5) is 0.647. The molecule has 0 amide bonds. The number of halogens is 1. The molecule has 1 atom stereocenters. The summed E-state index contributed by atoms with van der Waals surface area (Å²) in [6, 6.07) is 3.91. The molecule has 0 aromatic heterocycles. The lowest BCUT2D eigenvalue weighted by atomic mass is 10.0. The number of hydrogen-bond acceptors (Lipinski definition) is 2. The number of rotatable bonds is 4. The maximum Gasteiger partial charge on any atom is 0.130 e. The van der Waals surface area contributed by atoms with Gasteiger partial charge in [0, 0.05) is 10.8 Å². The van der Waals surface area contributed by atoms with Crippen molar-refractivity contribution in [1.29, 1.82) is 0 Å². The largest absolute Gasteiger partial charge is 0.244 e. The quantitative estimate of drug-likeness (QED) is 0.809. The van der Waals surface area contributed by atoms with Gasteiger partial charge in [-0.3, -0.25) is 0 Å². The van der Waals surface area contributed by atoms with Gasteiger partial charge in [0.2, 0.25) is 0 Å². The number of benzene rings is 1. The average molecular weight is 295 g/mol. The first-order valence-corrected chi connectivity index (χ1v) is 9.05. The molecule has 1 unspecified atom stereocenters. The molecule has 110 valence electrons. The normalized spacial score (nSPS) is 21.9. The van der Waals surface area contributed by atoms with Gasteiger partial charge in [-0.25, -0.2) is 13.0 Å². The smallest absolute Gasteiger partial charge is 0.130 e. The highest BCUT2D eigenvalue weighted by molar-refractivity contribution is 7.94. The minimum absolute atomic E-state index is 0.139. The van der Waals surface area contributed by atoms with Crippen molar-refractivity contribution in [2.45, 2.75) is 68.6 Å². The van der Waals surface area contributed by atoms with E-state index in [1.807, 2.05) is 19.9 Å². The van der Waals surface area contributed by atoms with E-state index in [9.17, 15) is 8.60 Å². The molecule has 0 radical (unpaired) electrons. The standard InChI is InChI=1S/C16H22FNOS/c1-10(2)14-8-9-15(11(3)16(14)17)20(19,13-6-7-13)18-12-4-5-12/h8-10,12-13H,4-7H2,1-3H3. The van der Waals surface area contributed by atoms with E-state index in [2.05, 4.69) is 4.36 Å². The zero-order valence-electron chi connectivity index (χ0n) is 12.4. The van der Waals surface area contributed by atoms with Crippen LogP contribution < -0.4 is 0 Å². The Morgan fingerprint density at radius 1 is 1.25 bits per heavy atom. The second-order valence-corrected chi connectivity index (χ2v) is 8.81. The third-order valence-corrected chi connectivity index (χ3v) is 7.19. The lowest BCUT2D eigenvalue weighted by Gasteiger charge is -2.16. The van der Waals surface area contributed by atoms with Gasteiger partial charge >= 0.3 is 0 Å². The van der Waals surface area contributed by atoms with Crippen LogP contribution in [0, 0.1) is 12.7 Å². The Balaban J connectivity index is 2.13. The molecule has 1 aromatic rings. The first kappa shape index (κ1) is 14.1. The topological polar surface area (TPSA) is 29.4 Å². The zero-order valence-corrected chi connectivity index (χ0v) is 13.2. The molecule has 1 aromatic carbocycles. The molecule has 0 heterocycles. The molecule has 3 rings (SSSR count). The van der Waals surface area contributed by atoms with Crippen molar-refractivity contribution in [3.63, 3.8) is 0 Å². The fourth-order valence-corrected chi connectivity index (χ4v) is 5.43. The molecule has 2 aliphatic rings. The van der Waals surface area contributed by atoms with Gasteiger partial charge in [-0.05, 0) is 50.2 Å². The summed E-state index contributed by atoms with van der Waals surface area (Å²) in [5.74, 6) is -0.0584. The van der Waals surface area contributed by atoms with Gasteiger partial charge < -0.3 is 0 Å². The summed E-state index contributed by atoms with van der Waals surface area (Å²) < 4.78 is 32.4. The van der Waals surface area contributed by atoms with Gasteiger partial charge in [0.1, 0.15) is 5.82 Å². The third-order valence-electron chi connectivity index (χ3n) is 4.13. The van der Waals surface area contributed by atoms with E-state index in [-0.39, 0.29) is 23.0 Å². The first-order chi connectivity index (χ1) is 9.43. The van der Waals surface area contributed by atoms with Gasteiger partial charge in [-0.2, -0.15) is 0 Å². The molecule has 2 saturated carbocycles. The van der Waals surface area contributed by atoms with Crippen LogP contribution >= 0.6 is 0 Å². The Labute approximate surface area is 121 Å². The van der Waals surface area contributed by atoms with E-state index < -0.39 is 9.73 Å². The lowest BCUT2D eigenvalue weighted by molar-refractivity contribution is 0.583. The monoisotopic (exact) mass is 295 g/mol. The maximum atomic E-state index is 14.5. The highest BCUT2D eigenvalue weighted by atomic mass is 32.2. The number of nitrogens with zero attached hydrogens (tertiary/aromatic N) is 1. The minimum atomic E-state index is -2.42. The van der Waals surface area contributed by atoms with Crippen LogP contribution in [0.5, 0.6) is 0 Å². The van der Waals surface area contributed by atoms with E-state index in [4.69, 9.17) is 0 Å². The molecular weight excluding hydrogens is 273 g/mol. The SMILES string of the molecule is Cc1c(S(=O)(=NC2CC2)C2CC2)ccc(C(C)C)c1F. The Morgan fingerprint density at radius 2 is 1.90 bits per heavy atom. The predicted molar refractivity (Wildman–Crippen MR) is 80.1 cm³/mol. The molecule has 2 nitrogen and oxygen atoms in total. The molecular formula is C16H22FNOS. The summed E-state index contributed by atoms with van der Waals surface area (Å²) >= 11 is 0. The maximum absolute atomic E-state index is 14.5. The molecule has 0 spiro atoms. The van der Waals surface area contributed by atoms with Gasteiger partial charge in [-0.15, -0.1) is 0 Å². The Morgan fingerprint density at radius 3 is 2.40 bits per heavy atom. The zero-order chi connectivity index (χ0) is 14.5. The highest BCUT2D eigenvalue weighted by Crippen LogP contribution is 2.40. The summed E-state index contributed by atoms with van der Waals surface area (Å²) in [7, 11) is -2.42. The Bertz CT molecular complexity index is 651. The van der Waals surface area contributed by atoms with Crippen LogP contribution in [0.3, 0.4) is 0 Å². The van der Waals surface area contributed by atoms with E-state index >= 15 is 0 Å². The van der Waals surface area contributed by atoms with Crippen molar-refractivity contribution < 1.29 is 8.60 Å². The van der Waals surface area contributed by atoms with Crippen LogP contribution in [0.25, 0.3) is 0 Å². The van der Waals surface area contributed by atoms with E-state index in [0.717, 1.165) is 25.7 Å². The molecule has 0 aliphatic heterocycles. The third kappa shape index (κ3) is 2.39. The van der Waals surface area contributed by atoms with Crippen LogP contribution in [0.4, 0.5) is 4.39 Å². The van der Waals surface area contributed by atoms with Gasteiger partial charge in [0.05, 0.1) is 20.7 Å². The fraction of sp³-hybridized carbons (Fsp3) is 0.625. The minimum Gasteiger partial charge on any atom is -0.244 e. The van der Waals surface area contributed by atoms with Crippen molar-refractivity contribution >= 4 is 9.73 Å². The average Bonchev–Trinajstić information content (AvgIpc) is 3.25. The lowest BCUT2D eigenvalue weighted by Crippen LogP contribution is -2.12. The van der Waals surface area contributed by atoms with Crippen LogP contribution in [-0.2, 0) is 9.73 Å². The molecule has 2 aliphatic carbocycles. The van der Waals surface area contributed by atoms with Crippen molar-refractivity contribution in [2.75, 3.05) is 0 Å². The van der Waals surface area contributed by atoms with Gasteiger partial charge in [0.25, 0.3) is 0 Å². The molecule has 0 N–H and O–H groups in total. The van der Waals surface area contributed by atoms with Crippen molar-refractivity contribution in [3.05, 3.63) is 29.1 Å². The van der Waals surface area contributed by atoms with Gasteiger partial charge in [0.15, 0.2) is 0 Å². The molecule has 0 bridgehead atoms. The van der Waals surface area contributed by atoms with Crippen molar-refractivity contribution in [3.8, 4) is 0 Å².